The van der Waals surface area contributed by atoms with Crippen LogP contribution >= 0.6 is 0 Å². The molecular weight excluding hydrogens is 777 g/mol. The van der Waals surface area contributed by atoms with Crippen LogP contribution in [0.25, 0.3) is 33.6 Å². The minimum absolute atomic E-state index is 0.0177. The predicted octanol–water partition coefficient (Wildman–Crippen LogP) is 5.74. The average molecular weight is 825 g/mol. The van der Waals surface area contributed by atoms with Gasteiger partial charge in [-0.15, -0.1) is 0 Å². The van der Waals surface area contributed by atoms with Gasteiger partial charge in [0, 0.05) is 32.9 Å². The standard InChI is InChI=1S/C40H47F3N8O8/c1-21(56-3)30(48-39(55)58-5)36(52)50-18-7-9-29(50)35-47-31(33(49-35)40(41,42)43)26-16-12-24(13-17-26)23-10-14-25(15-11-23)27-20-45-34(46-27)28-8-6-19-51(28)37(53)32(22(2)57-4)59-38(44)54/h10-17,20-22,28-30,32H,6-9,18-19H2,1-5H3,(H2,44,54)(H,45,46)(H,47,49)(H,48,55)/t21-,22-,28+,29+,30+,32+/m1/s1. The largest absolute Gasteiger partial charge is 0.453 e. The second-order valence-corrected chi connectivity index (χ2v) is 14.4. The summed E-state index contributed by atoms with van der Waals surface area (Å²) in [4.78, 5) is 68.4. The molecule has 16 nitrogen and oxygen atoms in total. The summed E-state index contributed by atoms with van der Waals surface area (Å²) in [7, 11) is 3.94. The number of benzene rings is 2. The summed E-state index contributed by atoms with van der Waals surface area (Å²) in [5.41, 5.74) is 7.18. The number of nitrogens with zero attached hydrogens (tertiary/aromatic N) is 4. The molecule has 2 aromatic heterocycles. The topological polar surface area (TPSA) is 207 Å². The molecule has 6 rings (SSSR count). The molecule has 19 heteroatoms. The molecule has 0 bridgehead atoms. The van der Waals surface area contributed by atoms with Crippen molar-refractivity contribution in [3.63, 3.8) is 0 Å². The van der Waals surface area contributed by atoms with Crippen LogP contribution in [0.5, 0.6) is 0 Å². The third-order valence-corrected chi connectivity index (χ3v) is 10.8. The number of nitrogens with one attached hydrogen (secondary N) is 3. The molecule has 316 valence electrons. The van der Waals surface area contributed by atoms with E-state index in [1.165, 1.54) is 19.1 Å². The van der Waals surface area contributed by atoms with Crippen LogP contribution in [0.3, 0.4) is 0 Å². The van der Waals surface area contributed by atoms with Gasteiger partial charge in [-0.1, -0.05) is 48.5 Å². The van der Waals surface area contributed by atoms with Crippen LogP contribution in [0.1, 0.15) is 69.0 Å². The number of primary amides is 1. The molecule has 0 unspecified atom stereocenters. The first-order valence-electron chi connectivity index (χ1n) is 19.0. The fourth-order valence-corrected chi connectivity index (χ4v) is 7.55. The Morgan fingerprint density at radius 2 is 1.34 bits per heavy atom. The number of methoxy groups -OCH3 is 3. The number of amides is 4. The maximum absolute atomic E-state index is 14.5. The van der Waals surface area contributed by atoms with Crippen LogP contribution in [-0.2, 0) is 34.7 Å². The number of aromatic nitrogens is 4. The van der Waals surface area contributed by atoms with Gasteiger partial charge in [0.1, 0.15) is 35.2 Å². The highest BCUT2D eigenvalue weighted by Gasteiger charge is 2.43. The number of aromatic amines is 2. The summed E-state index contributed by atoms with van der Waals surface area (Å²) in [6, 6.07) is 11.7. The maximum atomic E-state index is 14.5. The van der Waals surface area contributed by atoms with Gasteiger partial charge in [-0.05, 0) is 56.2 Å². The monoisotopic (exact) mass is 824 g/mol. The highest BCUT2D eigenvalue weighted by molar-refractivity contribution is 5.87. The van der Waals surface area contributed by atoms with Crippen molar-refractivity contribution in [2.45, 2.75) is 82.1 Å². The summed E-state index contributed by atoms with van der Waals surface area (Å²) in [6.45, 7) is 3.89. The van der Waals surface area contributed by atoms with Crippen molar-refractivity contribution in [1.29, 1.82) is 0 Å². The number of hydrogen-bond donors (Lipinski definition) is 4. The van der Waals surface area contributed by atoms with Crippen LogP contribution in [0, 0.1) is 0 Å². The number of carbonyl (C=O) groups excluding carboxylic acids is 4. The Morgan fingerprint density at radius 1 is 0.797 bits per heavy atom. The predicted molar refractivity (Wildman–Crippen MR) is 206 cm³/mol. The van der Waals surface area contributed by atoms with Gasteiger partial charge in [-0.25, -0.2) is 19.6 Å². The lowest BCUT2D eigenvalue weighted by atomic mass is 10.0. The Bertz CT molecular complexity index is 2120. The van der Waals surface area contributed by atoms with E-state index in [2.05, 4.69) is 30.0 Å². The molecule has 5 N–H and O–H groups in total. The van der Waals surface area contributed by atoms with Crippen molar-refractivity contribution in [3.8, 4) is 33.6 Å². The van der Waals surface area contributed by atoms with E-state index in [0.29, 0.717) is 37.3 Å². The third-order valence-electron chi connectivity index (χ3n) is 10.8. The van der Waals surface area contributed by atoms with Gasteiger partial charge in [0.05, 0.1) is 37.2 Å². The quantitative estimate of drug-likeness (QED) is 0.129. The van der Waals surface area contributed by atoms with Crippen molar-refractivity contribution in [3.05, 3.63) is 72.1 Å². The first kappa shape index (κ1) is 42.7. The van der Waals surface area contributed by atoms with E-state index < -0.39 is 66.3 Å². The number of H-pyrrole nitrogens is 2. The number of rotatable bonds is 13. The minimum Gasteiger partial charge on any atom is -0.453 e. The van der Waals surface area contributed by atoms with Crippen molar-refractivity contribution < 1.29 is 51.3 Å². The molecule has 2 aliphatic heterocycles. The highest BCUT2D eigenvalue weighted by atomic mass is 19.4. The lowest BCUT2D eigenvalue weighted by molar-refractivity contribution is -0.148. The fraction of sp³-hybridized carbons (Fsp3) is 0.450. The summed E-state index contributed by atoms with van der Waals surface area (Å²) >= 11 is 0. The van der Waals surface area contributed by atoms with Crippen molar-refractivity contribution in [2.24, 2.45) is 5.73 Å². The lowest BCUT2D eigenvalue weighted by Crippen LogP contribution is -2.54. The molecule has 2 saturated heterocycles. The van der Waals surface area contributed by atoms with E-state index in [1.54, 1.807) is 49.2 Å². The molecule has 2 fully saturated rings. The van der Waals surface area contributed by atoms with Gasteiger partial charge in [-0.2, -0.15) is 13.2 Å². The molecule has 0 spiro atoms. The van der Waals surface area contributed by atoms with E-state index in [1.807, 2.05) is 24.3 Å². The van der Waals surface area contributed by atoms with Crippen molar-refractivity contribution >= 4 is 24.0 Å². The van der Waals surface area contributed by atoms with Gasteiger partial charge in [0.25, 0.3) is 5.91 Å². The van der Waals surface area contributed by atoms with E-state index in [0.717, 1.165) is 30.2 Å². The van der Waals surface area contributed by atoms with Gasteiger partial charge in [0.2, 0.25) is 12.0 Å². The number of alkyl carbamates (subject to hydrolysis) is 1. The third kappa shape index (κ3) is 9.20. The van der Waals surface area contributed by atoms with E-state index >= 15 is 0 Å². The van der Waals surface area contributed by atoms with Gasteiger partial charge >= 0.3 is 18.4 Å². The van der Waals surface area contributed by atoms with Crippen LogP contribution in [0.4, 0.5) is 22.8 Å². The number of hydrogen-bond acceptors (Lipinski definition) is 10. The van der Waals surface area contributed by atoms with E-state index in [-0.39, 0.29) is 29.7 Å². The smallest absolute Gasteiger partial charge is 0.433 e. The number of halogens is 3. The molecule has 0 aliphatic carbocycles. The molecular formula is C40H47F3N8O8. The molecule has 0 radical (unpaired) electrons. The Kier molecular flexibility index (Phi) is 12.9. The summed E-state index contributed by atoms with van der Waals surface area (Å²) < 4.78 is 63.7. The Labute approximate surface area is 337 Å². The Morgan fingerprint density at radius 3 is 1.88 bits per heavy atom. The number of alkyl halides is 3. The fourth-order valence-electron chi connectivity index (χ4n) is 7.55. The van der Waals surface area contributed by atoms with Crippen LogP contribution in [0.15, 0.2) is 54.7 Å². The zero-order valence-electron chi connectivity index (χ0n) is 33.2. The molecule has 0 saturated carbocycles. The minimum atomic E-state index is -4.77. The normalized spacial score (nSPS) is 18.9. The number of imidazole rings is 2. The second kappa shape index (κ2) is 17.9. The molecule has 2 aromatic carbocycles. The Hall–Kier alpha value is -5.95. The number of nitrogens with two attached hydrogens (primary N) is 1. The van der Waals surface area contributed by atoms with Crippen molar-refractivity contribution in [1.82, 2.24) is 35.1 Å². The van der Waals surface area contributed by atoms with Crippen LogP contribution < -0.4 is 11.1 Å². The first-order valence-corrected chi connectivity index (χ1v) is 19.0. The van der Waals surface area contributed by atoms with E-state index in [9.17, 15) is 32.3 Å². The SMILES string of the molecule is COC(=O)N[C@H](C(=O)N1CCC[C@H]1c1nc(-c2ccc(-c3ccc(-c4cnc([C@@H]5CCCN5C(=O)[C@@H](OC(N)=O)[C@@H](C)OC)[nH]4)cc3)cc2)c(C(F)(F)F)[nH]1)[C@@H](C)OC. The highest BCUT2D eigenvalue weighted by Crippen LogP contribution is 2.40. The van der Waals surface area contributed by atoms with Crippen LogP contribution in [0.2, 0.25) is 0 Å². The molecule has 59 heavy (non-hydrogen) atoms. The average Bonchev–Trinajstić information content (AvgIpc) is 4.07. The van der Waals surface area contributed by atoms with Gasteiger partial charge in [0.15, 0.2) is 0 Å². The number of ether oxygens (including phenoxy) is 4. The Balaban J connectivity index is 1.18. The molecule has 4 heterocycles. The molecule has 4 amide bonds. The number of carbonyl (C=O) groups is 4. The first-order chi connectivity index (χ1) is 28.1. The maximum Gasteiger partial charge on any atom is 0.433 e. The van der Waals surface area contributed by atoms with E-state index in [4.69, 9.17) is 19.9 Å². The zero-order chi connectivity index (χ0) is 42.6. The summed E-state index contributed by atoms with van der Waals surface area (Å²) in [6.07, 6.45) is -5.47. The zero-order valence-corrected chi connectivity index (χ0v) is 33.2. The van der Waals surface area contributed by atoms with Crippen molar-refractivity contribution in [2.75, 3.05) is 34.4 Å². The number of likely N-dealkylation sites (tertiary alicyclic amines) is 2. The summed E-state index contributed by atoms with van der Waals surface area (Å²) in [5.74, 6) is -0.410. The molecule has 6 atom stereocenters. The van der Waals surface area contributed by atoms with Gasteiger partial charge in [-0.3, -0.25) is 9.59 Å². The van der Waals surface area contributed by atoms with Crippen LogP contribution in [-0.4, -0.2) is 113 Å². The summed E-state index contributed by atoms with van der Waals surface area (Å²) in [5, 5.41) is 2.47. The van der Waals surface area contributed by atoms with Gasteiger partial charge < -0.3 is 49.8 Å². The molecule has 4 aromatic rings. The lowest BCUT2D eigenvalue weighted by Gasteiger charge is -2.30. The second-order valence-electron chi connectivity index (χ2n) is 14.4. The molecule has 2 aliphatic rings.